The van der Waals surface area contributed by atoms with Crippen LogP contribution in [-0.4, -0.2) is 173 Å². The number of sulfonamides is 1. The fraction of sp³-hybridized carbons (Fsp3) is 0.396. The van der Waals surface area contributed by atoms with Crippen molar-refractivity contribution in [3.8, 4) is 23.3 Å². The summed E-state index contributed by atoms with van der Waals surface area (Å²) in [6.07, 6.45) is 1.12. The average molecular weight is 1330 g/mol. The lowest BCUT2D eigenvalue weighted by molar-refractivity contribution is -0.385. The van der Waals surface area contributed by atoms with E-state index in [1.807, 2.05) is 26.1 Å². The Balaban J connectivity index is 0.000000612. The van der Waals surface area contributed by atoms with Crippen molar-refractivity contribution in [2.45, 2.75) is 58.0 Å². The van der Waals surface area contributed by atoms with Gasteiger partial charge in [0.1, 0.15) is 24.7 Å². The number of pyridine rings is 1. The minimum atomic E-state index is -4.61. The number of aromatic nitrogens is 6. The van der Waals surface area contributed by atoms with Gasteiger partial charge in [-0.3, -0.25) is 30.3 Å². The summed E-state index contributed by atoms with van der Waals surface area (Å²) in [5.74, 6) is -3.20. The monoisotopic (exact) mass is 1330 g/mol. The van der Waals surface area contributed by atoms with Gasteiger partial charge < -0.3 is 58.7 Å². The first-order chi connectivity index (χ1) is 40.4. The number of amides is 3. The second kappa shape index (κ2) is 36.9. The van der Waals surface area contributed by atoms with Crippen LogP contribution in [0.5, 0.6) is 23.3 Å². The Morgan fingerprint density at radius 3 is 1.98 bits per heavy atom. The van der Waals surface area contributed by atoms with Crippen LogP contribution in [0.1, 0.15) is 60.9 Å². The van der Waals surface area contributed by atoms with E-state index in [9.17, 15) is 65.1 Å². The molecule has 0 bridgehead atoms. The van der Waals surface area contributed by atoms with Gasteiger partial charge in [0.15, 0.2) is 11.1 Å². The molecular weight excluding hydrogens is 1270 g/mol. The van der Waals surface area contributed by atoms with E-state index >= 15 is 0 Å². The van der Waals surface area contributed by atoms with Gasteiger partial charge in [0.05, 0.1) is 79.6 Å². The van der Waals surface area contributed by atoms with E-state index < -0.39 is 99.3 Å². The van der Waals surface area contributed by atoms with Crippen molar-refractivity contribution in [2.75, 3.05) is 89.0 Å². The van der Waals surface area contributed by atoms with Gasteiger partial charge >= 0.3 is 30.1 Å². The van der Waals surface area contributed by atoms with Crippen LogP contribution < -0.4 is 45.1 Å². The Bertz CT molecular complexity index is 3280. The third-order valence-corrected chi connectivity index (χ3v) is 11.3. The van der Waals surface area contributed by atoms with Gasteiger partial charge in [0.2, 0.25) is 34.9 Å². The first-order valence-electron chi connectivity index (χ1n) is 24.4. The van der Waals surface area contributed by atoms with E-state index in [2.05, 4.69) is 64.6 Å². The standard InChI is InChI=1S/C19H15ClF3NO7.C15H18N6O6S.C8H14ClN5.C3H8NO5P.C3H9S/c1-3-29-17(25)10(2)30-18(26)13-9-12(5-6-15(13)24(27)28)31-16-7-4-11(8-14(16)20)19(21,22)23;1-21(2)13(22)9-6-5-7-16-12(9)28(24,25)20-15(23)19-14-17-10(26-3)8-11(18-14)27-4;1-4-10-7-12-6(9)13-8(14-7)11-5(2)3;5-3(6)1-4-2-10(7,8)9;1-4(2)3/h4-10H,3H2,1-2H3;5-8H,1-4H3,(H2,17,18,19,20,23);5H,4H2,1-3H3,(H2,10,11,12,13,14);4H,1-2H2,(H,5,6)(H2,7,8,9);1-3H3/q;;;;+1/p-1. The number of nitrogens with one attached hydrogen (secondary N) is 5. The van der Waals surface area contributed by atoms with Crippen LogP contribution in [-0.2, 0) is 50.7 Å². The zero-order valence-electron chi connectivity index (χ0n) is 48.4. The van der Waals surface area contributed by atoms with E-state index in [-0.39, 0.29) is 57.7 Å². The van der Waals surface area contributed by atoms with E-state index in [4.69, 9.17) is 56.9 Å². The van der Waals surface area contributed by atoms with Crippen LogP contribution in [0.25, 0.3) is 0 Å². The van der Waals surface area contributed by atoms with Crippen LogP contribution in [0.3, 0.4) is 0 Å². The Morgan fingerprint density at radius 2 is 1.48 bits per heavy atom. The van der Waals surface area contributed by atoms with Gasteiger partial charge in [-0.1, -0.05) is 11.6 Å². The number of halogens is 5. The summed E-state index contributed by atoms with van der Waals surface area (Å²) in [5, 5.41) is 28.6. The Kier molecular flexibility index (Phi) is 32.6. The molecule has 2 unspecified atom stereocenters. The summed E-state index contributed by atoms with van der Waals surface area (Å²) in [5.41, 5.74) is -2.36. The highest BCUT2D eigenvalue weighted by Gasteiger charge is 2.32. The van der Waals surface area contributed by atoms with Crippen molar-refractivity contribution in [1.29, 1.82) is 0 Å². The highest BCUT2D eigenvalue weighted by Crippen LogP contribution is 2.37. The topological polar surface area (TPSA) is 430 Å². The minimum Gasteiger partial charge on any atom is -0.778 e. The molecule has 0 saturated carbocycles. The zero-order valence-corrected chi connectivity index (χ0v) is 52.5. The SMILES string of the molecule is CCNc1nc(Cl)nc(NC(C)C)n1.CCOC(=O)C(C)OC(=O)c1cc(Oc2ccc(C(F)(F)F)cc2Cl)ccc1[N+](=O)[O-].COc1cc(OC)nc(NC(=O)NS(=O)(=O)c2ncccc2C(=O)N(C)C)n1.C[S+](C)C.O=C(O)CNCP(=O)([O-])O. The Hall–Kier alpha value is -7.99. The molecule has 5 aromatic rings. The van der Waals surface area contributed by atoms with Crippen LogP contribution in [0, 0.1) is 10.1 Å². The quantitative estimate of drug-likeness (QED) is 0.0152. The number of nitrogens with zero attached hydrogens (tertiary/aromatic N) is 8. The third kappa shape index (κ3) is 29.8. The van der Waals surface area contributed by atoms with Crippen molar-refractivity contribution in [1.82, 2.24) is 44.8 Å². The summed E-state index contributed by atoms with van der Waals surface area (Å²) in [7, 11) is -2.56. The molecule has 7 N–H and O–H groups in total. The molecule has 5 rings (SSSR count). The molecule has 2 atom stereocenters. The van der Waals surface area contributed by atoms with Crippen LogP contribution >= 0.6 is 30.8 Å². The zero-order chi connectivity index (χ0) is 66.6. The fourth-order valence-corrected chi connectivity index (χ4v) is 7.32. The van der Waals surface area contributed by atoms with Crippen molar-refractivity contribution in [3.05, 3.63) is 97.9 Å². The van der Waals surface area contributed by atoms with E-state index in [1.165, 1.54) is 64.5 Å². The van der Waals surface area contributed by atoms with E-state index in [1.54, 1.807) is 11.6 Å². The first-order valence-corrected chi connectivity index (χ1v) is 30.9. The highest BCUT2D eigenvalue weighted by atomic mass is 35.5. The molecule has 3 heterocycles. The lowest BCUT2D eigenvalue weighted by atomic mass is 10.1. The number of carbonyl (C=O) groups excluding carboxylic acids is 4. The molecule has 0 fully saturated rings. The van der Waals surface area contributed by atoms with Crippen LogP contribution in [0.2, 0.25) is 10.3 Å². The number of ether oxygens (including phenoxy) is 5. The molecule has 0 radical (unpaired) electrons. The Morgan fingerprint density at radius 1 is 0.885 bits per heavy atom. The third-order valence-electron chi connectivity index (χ3n) is 8.93. The number of nitro groups is 1. The van der Waals surface area contributed by atoms with Crippen molar-refractivity contribution >= 4 is 105 Å². The molecule has 0 aliphatic heterocycles. The van der Waals surface area contributed by atoms with Crippen LogP contribution in [0.4, 0.5) is 41.5 Å². The number of methoxy groups -OCH3 is 2. The molecule has 0 saturated heterocycles. The number of carboxylic acids is 1. The molecule has 0 spiro atoms. The number of carbonyl (C=O) groups is 5. The number of benzene rings is 2. The normalized spacial score (nSPS) is 11.7. The second-order valence-corrected chi connectivity index (χ2v) is 23.7. The van der Waals surface area contributed by atoms with Gasteiger partial charge in [-0.15, -0.1) is 0 Å². The molecule has 39 heteroatoms. The Labute approximate surface area is 509 Å². The summed E-state index contributed by atoms with van der Waals surface area (Å²) in [4.78, 5) is 111. The molecule has 3 aromatic heterocycles. The maximum Gasteiger partial charge on any atom is 0.416 e. The van der Waals surface area contributed by atoms with Crippen molar-refractivity contribution < 1.29 is 93.6 Å². The van der Waals surface area contributed by atoms with Gasteiger partial charge in [0, 0.05) is 45.0 Å². The number of nitro benzene ring substituents is 1. The number of urea groups is 1. The van der Waals surface area contributed by atoms with Crippen molar-refractivity contribution in [3.63, 3.8) is 0 Å². The number of aliphatic carboxylic acids is 1. The van der Waals surface area contributed by atoms with Crippen LogP contribution in [0.15, 0.2) is 65.8 Å². The molecule has 3 amide bonds. The van der Waals surface area contributed by atoms with E-state index in [0.29, 0.717) is 28.9 Å². The number of esters is 2. The molecule has 31 nitrogen and oxygen atoms in total. The number of hydrogen-bond acceptors (Lipinski definition) is 25. The molecule has 480 valence electrons. The molecule has 87 heavy (non-hydrogen) atoms. The minimum absolute atomic E-state index is 0.0398. The van der Waals surface area contributed by atoms with Gasteiger partial charge in [-0.05, 0) is 93.5 Å². The molecular formula is C48H63Cl2F3N13O18PS2. The number of carboxylic acid groups (broad SMARTS) is 1. The smallest absolute Gasteiger partial charge is 0.416 e. The summed E-state index contributed by atoms with van der Waals surface area (Å²) in [6, 6.07) is 8.54. The molecule has 0 aliphatic rings. The summed E-state index contributed by atoms with van der Waals surface area (Å²) >= 11 is 11.6. The molecule has 0 aliphatic carbocycles. The van der Waals surface area contributed by atoms with Gasteiger partial charge in [-0.25, -0.2) is 24.1 Å². The predicted molar refractivity (Wildman–Crippen MR) is 311 cm³/mol. The highest BCUT2D eigenvalue weighted by molar-refractivity contribution is 7.94. The summed E-state index contributed by atoms with van der Waals surface area (Å²) < 4.78 is 99.9. The second-order valence-electron chi connectivity index (χ2n) is 17.3. The maximum atomic E-state index is 12.8. The number of anilines is 3. The summed E-state index contributed by atoms with van der Waals surface area (Å²) in [6.45, 7) is 9.06. The number of hydrogen-bond donors (Lipinski definition) is 7. The van der Waals surface area contributed by atoms with Gasteiger partial charge in [-0.2, -0.15) is 46.5 Å². The van der Waals surface area contributed by atoms with Crippen molar-refractivity contribution in [2.24, 2.45) is 0 Å². The lowest BCUT2D eigenvalue weighted by Crippen LogP contribution is -2.36. The number of alkyl halides is 3. The first kappa shape index (κ1) is 77.0. The number of rotatable bonds is 21. The van der Waals surface area contributed by atoms with E-state index in [0.717, 1.165) is 36.9 Å². The maximum absolute atomic E-state index is 12.8. The lowest BCUT2D eigenvalue weighted by Gasteiger charge is -2.14. The molecule has 2 aromatic carbocycles. The fourth-order valence-electron chi connectivity index (χ4n) is 5.51. The largest absolute Gasteiger partial charge is 0.778 e. The van der Waals surface area contributed by atoms with Gasteiger partial charge in [0.25, 0.3) is 21.6 Å². The predicted octanol–water partition coefficient (Wildman–Crippen LogP) is 5.70. The average Bonchev–Trinajstić information content (AvgIpc) is 1.36.